The Labute approximate surface area is 109 Å². The Morgan fingerprint density at radius 1 is 1.17 bits per heavy atom. The van der Waals surface area contributed by atoms with Gasteiger partial charge < -0.3 is 10.0 Å². The van der Waals surface area contributed by atoms with Gasteiger partial charge >= 0.3 is 5.97 Å². The van der Waals surface area contributed by atoms with Gasteiger partial charge in [-0.1, -0.05) is 26.7 Å². The van der Waals surface area contributed by atoms with E-state index in [1.807, 2.05) is 7.05 Å². The number of carbonyl (C=O) groups excluding carboxylic acids is 1. The van der Waals surface area contributed by atoms with Crippen LogP contribution in [0, 0.1) is 11.8 Å². The third-order valence-corrected chi connectivity index (χ3v) is 4.24. The molecule has 2 atom stereocenters. The van der Waals surface area contributed by atoms with Gasteiger partial charge in [-0.05, 0) is 25.7 Å². The number of hydrogen-bond donors (Lipinski definition) is 1. The first kappa shape index (κ1) is 15.0. The molecule has 104 valence electrons. The fraction of sp³-hybridized carbons (Fsp3) is 0.857. The molecule has 0 spiro atoms. The van der Waals surface area contributed by atoms with Crippen molar-refractivity contribution in [2.45, 2.75) is 58.4 Å². The maximum absolute atomic E-state index is 12.4. The highest BCUT2D eigenvalue weighted by Crippen LogP contribution is 2.32. The average molecular weight is 255 g/mol. The molecule has 18 heavy (non-hydrogen) atoms. The van der Waals surface area contributed by atoms with E-state index in [1.165, 1.54) is 0 Å². The molecule has 0 aromatic carbocycles. The third kappa shape index (κ3) is 3.24. The van der Waals surface area contributed by atoms with E-state index in [9.17, 15) is 14.7 Å². The number of nitrogens with zero attached hydrogens (tertiary/aromatic N) is 1. The highest BCUT2D eigenvalue weighted by molar-refractivity contribution is 5.85. The van der Waals surface area contributed by atoms with Crippen molar-refractivity contribution in [3.63, 3.8) is 0 Å². The molecule has 1 rings (SSSR count). The minimum Gasteiger partial charge on any atom is -0.481 e. The number of rotatable bonds is 5. The van der Waals surface area contributed by atoms with Gasteiger partial charge in [-0.15, -0.1) is 0 Å². The van der Waals surface area contributed by atoms with Crippen LogP contribution in [-0.2, 0) is 9.59 Å². The van der Waals surface area contributed by atoms with Gasteiger partial charge in [0.15, 0.2) is 0 Å². The van der Waals surface area contributed by atoms with Gasteiger partial charge in [-0.25, -0.2) is 0 Å². The summed E-state index contributed by atoms with van der Waals surface area (Å²) in [5, 5.41) is 9.22. The van der Waals surface area contributed by atoms with Gasteiger partial charge in [0.05, 0.1) is 11.8 Å². The van der Waals surface area contributed by atoms with Crippen LogP contribution >= 0.6 is 0 Å². The van der Waals surface area contributed by atoms with E-state index in [2.05, 4.69) is 13.8 Å². The Kier molecular flexibility index (Phi) is 5.63. The van der Waals surface area contributed by atoms with Crippen LogP contribution in [0.2, 0.25) is 0 Å². The Balaban J connectivity index is 2.76. The summed E-state index contributed by atoms with van der Waals surface area (Å²) in [4.78, 5) is 25.4. The molecule has 1 aliphatic carbocycles. The van der Waals surface area contributed by atoms with Crippen molar-refractivity contribution in [3.05, 3.63) is 0 Å². The van der Waals surface area contributed by atoms with Gasteiger partial charge in [0.1, 0.15) is 0 Å². The predicted octanol–water partition coefficient (Wildman–Crippen LogP) is 2.52. The zero-order valence-electron chi connectivity index (χ0n) is 11.7. The maximum Gasteiger partial charge on any atom is 0.307 e. The van der Waals surface area contributed by atoms with Crippen molar-refractivity contribution in [1.82, 2.24) is 4.90 Å². The lowest BCUT2D eigenvalue weighted by Gasteiger charge is -2.34. The van der Waals surface area contributed by atoms with Crippen LogP contribution in [-0.4, -0.2) is 35.0 Å². The van der Waals surface area contributed by atoms with Gasteiger partial charge in [0.25, 0.3) is 0 Å². The number of hydrogen-bond acceptors (Lipinski definition) is 2. The normalized spacial score (nSPS) is 24.0. The van der Waals surface area contributed by atoms with Crippen molar-refractivity contribution in [1.29, 1.82) is 0 Å². The van der Waals surface area contributed by atoms with Crippen LogP contribution < -0.4 is 0 Å². The molecule has 0 aromatic heterocycles. The summed E-state index contributed by atoms with van der Waals surface area (Å²) in [5.41, 5.74) is 0. The third-order valence-electron chi connectivity index (χ3n) is 4.24. The molecule has 0 unspecified atom stereocenters. The molecule has 0 bridgehead atoms. The second-order valence-corrected chi connectivity index (χ2v) is 5.26. The van der Waals surface area contributed by atoms with E-state index < -0.39 is 11.9 Å². The van der Waals surface area contributed by atoms with Crippen molar-refractivity contribution in [2.24, 2.45) is 11.8 Å². The number of carbonyl (C=O) groups is 2. The molecular weight excluding hydrogens is 230 g/mol. The molecule has 0 heterocycles. The van der Waals surface area contributed by atoms with Crippen LogP contribution in [0.3, 0.4) is 0 Å². The van der Waals surface area contributed by atoms with Gasteiger partial charge in [-0.2, -0.15) is 0 Å². The minimum atomic E-state index is -0.814. The van der Waals surface area contributed by atoms with E-state index in [0.29, 0.717) is 6.42 Å². The molecule has 4 nitrogen and oxygen atoms in total. The van der Waals surface area contributed by atoms with Crippen molar-refractivity contribution in [3.8, 4) is 0 Å². The highest BCUT2D eigenvalue weighted by atomic mass is 16.4. The first-order chi connectivity index (χ1) is 8.52. The lowest BCUT2D eigenvalue weighted by atomic mass is 9.78. The minimum absolute atomic E-state index is 0.0239. The summed E-state index contributed by atoms with van der Waals surface area (Å²) in [6.07, 6.45) is 5.10. The molecule has 1 N–H and O–H groups in total. The molecule has 0 aromatic rings. The molecule has 1 aliphatic rings. The summed E-state index contributed by atoms with van der Waals surface area (Å²) < 4.78 is 0. The summed E-state index contributed by atoms with van der Waals surface area (Å²) in [6.45, 7) is 4.13. The van der Waals surface area contributed by atoms with Crippen LogP contribution in [0.4, 0.5) is 0 Å². The lowest BCUT2D eigenvalue weighted by Crippen LogP contribution is -2.44. The van der Waals surface area contributed by atoms with E-state index in [0.717, 1.165) is 32.1 Å². The summed E-state index contributed by atoms with van der Waals surface area (Å²) >= 11 is 0. The fourth-order valence-electron chi connectivity index (χ4n) is 3.00. The Hall–Kier alpha value is -1.06. The zero-order chi connectivity index (χ0) is 13.7. The summed E-state index contributed by atoms with van der Waals surface area (Å²) in [6, 6.07) is 0.230. The van der Waals surface area contributed by atoms with Crippen LogP contribution in [0.5, 0.6) is 0 Å². The number of aliphatic carboxylic acids is 1. The van der Waals surface area contributed by atoms with E-state index in [-0.39, 0.29) is 17.9 Å². The Bertz CT molecular complexity index is 299. The van der Waals surface area contributed by atoms with E-state index in [4.69, 9.17) is 0 Å². The SMILES string of the molecule is CCC(CC)N(C)C(=O)[C@@H]1CCCC[C@@H]1C(=O)O. The summed E-state index contributed by atoms with van der Waals surface area (Å²) in [7, 11) is 1.81. The van der Waals surface area contributed by atoms with Gasteiger partial charge in [0.2, 0.25) is 5.91 Å². The lowest BCUT2D eigenvalue weighted by molar-refractivity contribution is -0.152. The van der Waals surface area contributed by atoms with Crippen molar-refractivity contribution in [2.75, 3.05) is 7.05 Å². The number of amides is 1. The molecule has 0 radical (unpaired) electrons. The fourth-order valence-corrected chi connectivity index (χ4v) is 3.00. The maximum atomic E-state index is 12.4. The number of carboxylic acid groups (broad SMARTS) is 1. The van der Waals surface area contributed by atoms with Gasteiger partial charge in [0, 0.05) is 13.1 Å². The molecule has 1 fully saturated rings. The van der Waals surface area contributed by atoms with Crippen LogP contribution in [0.1, 0.15) is 52.4 Å². The van der Waals surface area contributed by atoms with E-state index >= 15 is 0 Å². The Morgan fingerprint density at radius 3 is 2.11 bits per heavy atom. The molecule has 4 heteroatoms. The van der Waals surface area contributed by atoms with Crippen molar-refractivity contribution < 1.29 is 14.7 Å². The molecule has 1 saturated carbocycles. The highest BCUT2D eigenvalue weighted by Gasteiger charge is 2.37. The monoisotopic (exact) mass is 255 g/mol. The topological polar surface area (TPSA) is 57.6 Å². The average Bonchev–Trinajstić information content (AvgIpc) is 2.39. The first-order valence-corrected chi connectivity index (χ1v) is 7.02. The smallest absolute Gasteiger partial charge is 0.307 e. The second-order valence-electron chi connectivity index (χ2n) is 5.26. The first-order valence-electron chi connectivity index (χ1n) is 7.02. The molecule has 0 saturated heterocycles. The Morgan fingerprint density at radius 2 is 1.67 bits per heavy atom. The van der Waals surface area contributed by atoms with Gasteiger partial charge in [-0.3, -0.25) is 9.59 Å². The second kappa shape index (κ2) is 6.76. The van der Waals surface area contributed by atoms with Crippen molar-refractivity contribution >= 4 is 11.9 Å². The van der Waals surface area contributed by atoms with Crippen LogP contribution in [0.15, 0.2) is 0 Å². The molecular formula is C14H25NO3. The summed E-state index contributed by atoms with van der Waals surface area (Å²) in [5.74, 6) is -1.59. The standard InChI is InChI=1S/C14H25NO3/c1-4-10(5-2)15(3)13(16)11-8-6-7-9-12(11)14(17)18/h10-12H,4-9H2,1-3H3,(H,17,18)/t11-,12+/m1/s1. The van der Waals surface area contributed by atoms with E-state index in [1.54, 1.807) is 4.90 Å². The number of carboxylic acids is 1. The quantitative estimate of drug-likeness (QED) is 0.821. The predicted molar refractivity (Wildman–Crippen MR) is 70.2 cm³/mol. The molecule has 1 amide bonds. The molecule has 0 aliphatic heterocycles. The zero-order valence-corrected chi connectivity index (χ0v) is 11.7. The van der Waals surface area contributed by atoms with Crippen LogP contribution in [0.25, 0.3) is 0 Å². The largest absolute Gasteiger partial charge is 0.481 e.